The summed E-state index contributed by atoms with van der Waals surface area (Å²) in [6.45, 7) is 0.485. The Morgan fingerprint density at radius 2 is 1.95 bits per heavy atom. The van der Waals surface area contributed by atoms with E-state index in [1.54, 1.807) is 7.11 Å². The second kappa shape index (κ2) is 6.71. The summed E-state index contributed by atoms with van der Waals surface area (Å²) in [4.78, 5) is 12.6. The Bertz CT molecular complexity index is 299. The van der Waals surface area contributed by atoms with Gasteiger partial charge in [0.1, 0.15) is 0 Å². The molecule has 4 nitrogen and oxygen atoms in total. The van der Waals surface area contributed by atoms with Crippen LogP contribution >= 0.6 is 0 Å². The minimum atomic E-state index is -0.304. The fourth-order valence-electron chi connectivity index (χ4n) is 3.55. The van der Waals surface area contributed by atoms with E-state index in [1.165, 1.54) is 12.8 Å². The Labute approximate surface area is 116 Å². The third kappa shape index (κ3) is 3.48. The van der Waals surface area contributed by atoms with Crippen LogP contribution in [0, 0.1) is 5.41 Å². The Morgan fingerprint density at radius 1 is 1.26 bits per heavy atom. The fraction of sp³-hybridized carbons (Fsp3) is 0.933. The van der Waals surface area contributed by atoms with Crippen LogP contribution < -0.4 is 11.1 Å². The van der Waals surface area contributed by atoms with E-state index >= 15 is 0 Å². The molecule has 19 heavy (non-hydrogen) atoms. The quantitative estimate of drug-likeness (QED) is 0.766. The largest absolute Gasteiger partial charge is 0.381 e. The van der Waals surface area contributed by atoms with Gasteiger partial charge in [0.25, 0.3) is 0 Å². The van der Waals surface area contributed by atoms with Crippen molar-refractivity contribution in [1.29, 1.82) is 0 Å². The van der Waals surface area contributed by atoms with Crippen molar-refractivity contribution in [3.8, 4) is 0 Å². The molecule has 2 atom stereocenters. The first kappa shape index (κ1) is 14.8. The van der Waals surface area contributed by atoms with Gasteiger partial charge >= 0.3 is 0 Å². The van der Waals surface area contributed by atoms with Gasteiger partial charge in [0, 0.05) is 19.7 Å². The molecule has 3 N–H and O–H groups in total. The molecule has 0 aromatic carbocycles. The van der Waals surface area contributed by atoms with Gasteiger partial charge < -0.3 is 15.8 Å². The van der Waals surface area contributed by atoms with Gasteiger partial charge in [-0.1, -0.05) is 25.7 Å². The van der Waals surface area contributed by atoms with Gasteiger partial charge in [0.05, 0.1) is 11.5 Å². The lowest BCUT2D eigenvalue weighted by Gasteiger charge is -2.31. The minimum Gasteiger partial charge on any atom is -0.381 e. The highest BCUT2D eigenvalue weighted by Crippen LogP contribution is 2.35. The highest BCUT2D eigenvalue weighted by atomic mass is 16.5. The molecule has 0 saturated heterocycles. The molecule has 4 heteroatoms. The first-order valence-corrected chi connectivity index (χ1v) is 7.74. The van der Waals surface area contributed by atoms with E-state index in [9.17, 15) is 4.79 Å². The van der Waals surface area contributed by atoms with Gasteiger partial charge in [-0.15, -0.1) is 0 Å². The van der Waals surface area contributed by atoms with Crippen LogP contribution in [0.4, 0.5) is 0 Å². The van der Waals surface area contributed by atoms with E-state index in [0.29, 0.717) is 12.6 Å². The number of methoxy groups -OCH3 is 1. The van der Waals surface area contributed by atoms with E-state index in [-0.39, 0.29) is 17.4 Å². The summed E-state index contributed by atoms with van der Waals surface area (Å²) < 4.78 is 5.36. The number of carbonyl (C=O) groups is 1. The van der Waals surface area contributed by atoms with Gasteiger partial charge in [-0.05, 0) is 32.1 Å². The van der Waals surface area contributed by atoms with E-state index in [1.807, 2.05) is 0 Å². The average Bonchev–Trinajstić information content (AvgIpc) is 2.74. The molecule has 0 aromatic rings. The van der Waals surface area contributed by atoms with Crippen LogP contribution in [0.15, 0.2) is 0 Å². The SMILES string of the molecule is COC1CCC(NC(=O)C2(CN)CCCCCC2)C1. The predicted octanol–water partition coefficient (Wildman–Crippen LogP) is 1.97. The van der Waals surface area contributed by atoms with Crippen LogP contribution in [0.25, 0.3) is 0 Å². The van der Waals surface area contributed by atoms with E-state index < -0.39 is 0 Å². The highest BCUT2D eigenvalue weighted by Gasteiger charge is 2.39. The minimum absolute atomic E-state index is 0.193. The van der Waals surface area contributed by atoms with Crippen molar-refractivity contribution < 1.29 is 9.53 Å². The van der Waals surface area contributed by atoms with Crippen molar-refractivity contribution >= 4 is 5.91 Å². The molecule has 2 aliphatic carbocycles. The normalized spacial score (nSPS) is 30.8. The maximum atomic E-state index is 12.6. The van der Waals surface area contributed by atoms with Gasteiger partial charge in [-0.3, -0.25) is 4.79 Å². The van der Waals surface area contributed by atoms with Crippen LogP contribution in [-0.4, -0.2) is 31.7 Å². The summed E-state index contributed by atoms with van der Waals surface area (Å²) in [5, 5.41) is 3.23. The van der Waals surface area contributed by atoms with Crippen LogP contribution in [0.1, 0.15) is 57.8 Å². The van der Waals surface area contributed by atoms with Crippen LogP contribution in [0.5, 0.6) is 0 Å². The van der Waals surface area contributed by atoms with Crippen molar-refractivity contribution in [3.05, 3.63) is 0 Å². The van der Waals surface area contributed by atoms with Crippen LogP contribution in [-0.2, 0) is 9.53 Å². The lowest BCUT2D eigenvalue weighted by atomic mass is 9.79. The third-order valence-electron chi connectivity index (χ3n) is 4.99. The molecule has 0 radical (unpaired) electrons. The third-order valence-corrected chi connectivity index (χ3v) is 4.99. The van der Waals surface area contributed by atoms with Crippen LogP contribution in [0.2, 0.25) is 0 Å². The molecule has 2 unspecified atom stereocenters. The van der Waals surface area contributed by atoms with E-state index in [2.05, 4.69) is 5.32 Å². The molecule has 0 bridgehead atoms. The van der Waals surface area contributed by atoms with Gasteiger partial charge in [0.2, 0.25) is 5.91 Å². The molecule has 0 aliphatic heterocycles. The summed E-state index contributed by atoms with van der Waals surface area (Å²) in [5.41, 5.74) is 5.65. The average molecular weight is 268 g/mol. The lowest BCUT2D eigenvalue weighted by Crippen LogP contribution is -2.48. The Kier molecular flexibility index (Phi) is 5.22. The maximum Gasteiger partial charge on any atom is 0.227 e. The zero-order valence-electron chi connectivity index (χ0n) is 12.1. The molecule has 2 fully saturated rings. The lowest BCUT2D eigenvalue weighted by molar-refractivity contribution is -0.132. The Balaban J connectivity index is 1.93. The molecular weight excluding hydrogens is 240 g/mol. The van der Waals surface area contributed by atoms with Crippen molar-refractivity contribution in [2.75, 3.05) is 13.7 Å². The van der Waals surface area contributed by atoms with Crippen LogP contribution in [0.3, 0.4) is 0 Å². The predicted molar refractivity (Wildman–Crippen MR) is 75.8 cm³/mol. The zero-order valence-corrected chi connectivity index (χ0v) is 12.1. The zero-order chi connectivity index (χ0) is 13.7. The summed E-state index contributed by atoms with van der Waals surface area (Å²) in [6.07, 6.45) is 10.0. The fourth-order valence-corrected chi connectivity index (χ4v) is 3.55. The second-order valence-electron chi connectivity index (χ2n) is 6.24. The number of ether oxygens (including phenoxy) is 1. The second-order valence-corrected chi connectivity index (χ2v) is 6.24. The first-order valence-electron chi connectivity index (χ1n) is 7.74. The monoisotopic (exact) mass is 268 g/mol. The van der Waals surface area contributed by atoms with Gasteiger partial charge in [-0.2, -0.15) is 0 Å². The molecule has 1 amide bonds. The van der Waals surface area contributed by atoms with Crippen molar-refractivity contribution in [2.45, 2.75) is 69.9 Å². The Morgan fingerprint density at radius 3 is 2.47 bits per heavy atom. The number of rotatable bonds is 4. The molecule has 110 valence electrons. The Hall–Kier alpha value is -0.610. The van der Waals surface area contributed by atoms with Crippen molar-refractivity contribution in [2.24, 2.45) is 11.1 Å². The number of hydrogen-bond acceptors (Lipinski definition) is 3. The number of nitrogens with two attached hydrogens (primary N) is 1. The van der Waals surface area contributed by atoms with Crippen molar-refractivity contribution in [1.82, 2.24) is 5.32 Å². The van der Waals surface area contributed by atoms with Gasteiger partial charge in [-0.25, -0.2) is 0 Å². The maximum absolute atomic E-state index is 12.6. The van der Waals surface area contributed by atoms with Gasteiger partial charge in [0.15, 0.2) is 0 Å². The molecule has 0 heterocycles. The summed E-state index contributed by atoms with van der Waals surface area (Å²) >= 11 is 0. The number of nitrogens with one attached hydrogen (secondary N) is 1. The summed E-state index contributed by atoms with van der Waals surface area (Å²) in [6, 6.07) is 0.282. The molecule has 2 saturated carbocycles. The number of carbonyl (C=O) groups excluding carboxylic acids is 1. The molecule has 0 spiro atoms. The smallest absolute Gasteiger partial charge is 0.227 e. The summed E-state index contributed by atoms with van der Waals surface area (Å²) in [7, 11) is 1.75. The number of amides is 1. The standard InChI is InChI=1S/C15H28N2O2/c1-19-13-7-6-12(10-13)17-14(18)15(11-16)8-4-2-3-5-9-15/h12-13H,2-11,16H2,1H3,(H,17,18). The first-order chi connectivity index (χ1) is 9.20. The van der Waals surface area contributed by atoms with E-state index in [4.69, 9.17) is 10.5 Å². The molecule has 0 aromatic heterocycles. The molecule has 2 rings (SSSR count). The van der Waals surface area contributed by atoms with Crippen molar-refractivity contribution in [3.63, 3.8) is 0 Å². The van der Waals surface area contributed by atoms with E-state index in [0.717, 1.165) is 44.9 Å². The number of hydrogen-bond donors (Lipinski definition) is 2. The highest BCUT2D eigenvalue weighted by molar-refractivity contribution is 5.83. The summed E-state index contributed by atoms with van der Waals surface area (Å²) in [5.74, 6) is 0.193. The molecular formula is C15H28N2O2. The topological polar surface area (TPSA) is 64.3 Å². The molecule has 2 aliphatic rings.